The van der Waals surface area contributed by atoms with E-state index in [2.05, 4.69) is 18.8 Å². The van der Waals surface area contributed by atoms with Crippen molar-refractivity contribution in [3.05, 3.63) is 24.0 Å². The van der Waals surface area contributed by atoms with Crippen molar-refractivity contribution in [3.8, 4) is 0 Å². The SMILES string of the molecule is CC(C)C1CCN(C(=O)c2ncccc2N)C1. The molecule has 1 unspecified atom stereocenters. The van der Waals surface area contributed by atoms with Crippen LogP contribution in [0.2, 0.25) is 0 Å². The summed E-state index contributed by atoms with van der Waals surface area (Å²) in [6.45, 7) is 6.05. The second-order valence-electron chi connectivity index (χ2n) is 4.99. The van der Waals surface area contributed by atoms with Crippen LogP contribution in [0.4, 0.5) is 5.69 Å². The highest BCUT2D eigenvalue weighted by atomic mass is 16.2. The van der Waals surface area contributed by atoms with Crippen molar-refractivity contribution >= 4 is 11.6 Å². The summed E-state index contributed by atoms with van der Waals surface area (Å²) in [6.07, 6.45) is 2.69. The Bertz CT molecular complexity index is 417. The standard InChI is InChI=1S/C13H19N3O/c1-9(2)10-5-7-16(8-10)13(17)12-11(14)4-3-6-15-12/h3-4,6,9-10H,5,7-8,14H2,1-2H3. The van der Waals surface area contributed by atoms with Gasteiger partial charge in [0.15, 0.2) is 5.69 Å². The maximum absolute atomic E-state index is 12.2. The molecule has 4 heteroatoms. The molecule has 92 valence electrons. The Morgan fingerprint density at radius 1 is 1.59 bits per heavy atom. The van der Waals surface area contributed by atoms with Crippen molar-refractivity contribution in [2.75, 3.05) is 18.8 Å². The van der Waals surface area contributed by atoms with Gasteiger partial charge in [-0.3, -0.25) is 4.79 Å². The predicted molar refractivity (Wildman–Crippen MR) is 67.5 cm³/mol. The van der Waals surface area contributed by atoms with Crippen molar-refractivity contribution in [2.45, 2.75) is 20.3 Å². The molecule has 0 radical (unpaired) electrons. The quantitative estimate of drug-likeness (QED) is 0.847. The van der Waals surface area contributed by atoms with Crippen LogP contribution in [0.3, 0.4) is 0 Å². The Balaban J connectivity index is 2.10. The van der Waals surface area contributed by atoms with Gasteiger partial charge in [0.1, 0.15) is 0 Å². The lowest BCUT2D eigenvalue weighted by molar-refractivity contribution is 0.0779. The first-order valence-corrected chi connectivity index (χ1v) is 6.09. The molecule has 0 bridgehead atoms. The Labute approximate surface area is 102 Å². The van der Waals surface area contributed by atoms with Gasteiger partial charge in [-0.2, -0.15) is 0 Å². The molecule has 2 heterocycles. The smallest absolute Gasteiger partial charge is 0.274 e. The zero-order chi connectivity index (χ0) is 12.4. The lowest BCUT2D eigenvalue weighted by Gasteiger charge is -2.18. The van der Waals surface area contributed by atoms with Crippen LogP contribution in [0.5, 0.6) is 0 Å². The lowest BCUT2D eigenvalue weighted by Crippen LogP contribution is -2.30. The topological polar surface area (TPSA) is 59.2 Å². The number of anilines is 1. The summed E-state index contributed by atoms with van der Waals surface area (Å²) in [5, 5.41) is 0. The summed E-state index contributed by atoms with van der Waals surface area (Å²) in [4.78, 5) is 18.2. The number of hydrogen-bond donors (Lipinski definition) is 1. The molecular weight excluding hydrogens is 214 g/mol. The van der Waals surface area contributed by atoms with Gasteiger partial charge in [-0.15, -0.1) is 0 Å². The molecule has 1 aliphatic heterocycles. The number of nitrogens with two attached hydrogens (primary N) is 1. The van der Waals surface area contributed by atoms with Crippen molar-refractivity contribution in [3.63, 3.8) is 0 Å². The maximum atomic E-state index is 12.2. The van der Waals surface area contributed by atoms with Gasteiger partial charge in [0.2, 0.25) is 0 Å². The molecular formula is C13H19N3O. The molecule has 2 rings (SSSR count). The normalized spacial score (nSPS) is 19.9. The van der Waals surface area contributed by atoms with Crippen LogP contribution in [0, 0.1) is 11.8 Å². The summed E-state index contributed by atoms with van der Waals surface area (Å²) in [5.41, 5.74) is 6.62. The van der Waals surface area contributed by atoms with Gasteiger partial charge in [0.05, 0.1) is 5.69 Å². The zero-order valence-electron chi connectivity index (χ0n) is 10.4. The summed E-state index contributed by atoms with van der Waals surface area (Å²) in [6, 6.07) is 3.46. The van der Waals surface area contributed by atoms with Crippen LogP contribution >= 0.6 is 0 Å². The number of rotatable bonds is 2. The molecule has 1 aliphatic rings. The molecule has 2 N–H and O–H groups in total. The van der Waals surface area contributed by atoms with Gasteiger partial charge in [-0.1, -0.05) is 13.8 Å². The van der Waals surface area contributed by atoms with Crippen LogP contribution in [-0.4, -0.2) is 28.9 Å². The molecule has 0 aromatic carbocycles. The van der Waals surface area contributed by atoms with E-state index in [-0.39, 0.29) is 5.91 Å². The van der Waals surface area contributed by atoms with Crippen LogP contribution in [0.25, 0.3) is 0 Å². The van der Waals surface area contributed by atoms with E-state index in [0.29, 0.717) is 23.2 Å². The number of likely N-dealkylation sites (tertiary alicyclic amines) is 1. The minimum absolute atomic E-state index is 0.0359. The molecule has 1 saturated heterocycles. The van der Waals surface area contributed by atoms with Gasteiger partial charge in [-0.25, -0.2) is 4.98 Å². The average molecular weight is 233 g/mol. The van der Waals surface area contributed by atoms with Gasteiger partial charge < -0.3 is 10.6 Å². The fourth-order valence-corrected chi connectivity index (χ4v) is 2.26. The van der Waals surface area contributed by atoms with Crippen molar-refractivity contribution < 1.29 is 4.79 Å². The molecule has 17 heavy (non-hydrogen) atoms. The first-order valence-electron chi connectivity index (χ1n) is 6.09. The minimum Gasteiger partial charge on any atom is -0.397 e. The van der Waals surface area contributed by atoms with E-state index >= 15 is 0 Å². The van der Waals surface area contributed by atoms with E-state index in [0.717, 1.165) is 19.5 Å². The van der Waals surface area contributed by atoms with Gasteiger partial charge in [0, 0.05) is 19.3 Å². The third-order valence-corrected chi connectivity index (χ3v) is 3.50. The van der Waals surface area contributed by atoms with Crippen molar-refractivity contribution in [1.29, 1.82) is 0 Å². The van der Waals surface area contributed by atoms with E-state index in [1.54, 1.807) is 18.3 Å². The monoisotopic (exact) mass is 233 g/mol. The van der Waals surface area contributed by atoms with Gasteiger partial charge in [0.25, 0.3) is 5.91 Å². The van der Waals surface area contributed by atoms with Crippen molar-refractivity contribution in [2.24, 2.45) is 11.8 Å². The number of amides is 1. The third-order valence-electron chi connectivity index (χ3n) is 3.50. The first-order chi connectivity index (χ1) is 8.09. The molecule has 1 aromatic rings. The molecule has 4 nitrogen and oxygen atoms in total. The Kier molecular flexibility index (Phi) is 3.31. The number of carbonyl (C=O) groups excluding carboxylic acids is 1. The summed E-state index contributed by atoms with van der Waals surface area (Å²) in [5.74, 6) is 1.18. The minimum atomic E-state index is -0.0359. The largest absolute Gasteiger partial charge is 0.397 e. The summed E-state index contributed by atoms with van der Waals surface area (Å²) >= 11 is 0. The van der Waals surface area contributed by atoms with Crippen LogP contribution < -0.4 is 5.73 Å². The average Bonchev–Trinajstić information content (AvgIpc) is 2.78. The highest BCUT2D eigenvalue weighted by Gasteiger charge is 2.29. The Morgan fingerprint density at radius 2 is 2.35 bits per heavy atom. The highest BCUT2D eigenvalue weighted by Crippen LogP contribution is 2.25. The summed E-state index contributed by atoms with van der Waals surface area (Å²) in [7, 11) is 0. The number of aromatic nitrogens is 1. The lowest BCUT2D eigenvalue weighted by atomic mass is 9.95. The fraction of sp³-hybridized carbons (Fsp3) is 0.538. The molecule has 1 aromatic heterocycles. The number of carbonyl (C=O) groups is 1. The fourth-order valence-electron chi connectivity index (χ4n) is 2.26. The second kappa shape index (κ2) is 4.73. The number of nitrogen functional groups attached to an aromatic ring is 1. The van der Waals surface area contributed by atoms with Crippen molar-refractivity contribution in [1.82, 2.24) is 9.88 Å². The van der Waals surface area contributed by atoms with E-state index in [9.17, 15) is 4.79 Å². The summed E-state index contributed by atoms with van der Waals surface area (Å²) < 4.78 is 0. The molecule has 0 aliphatic carbocycles. The third kappa shape index (κ3) is 2.40. The number of hydrogen-bond acceptors (Lipinski definition) is 3. The number of nitrogens with zero attached hydrogens (tertiary/aromatic N) is 2. The van der Waals surface area contributed by atoms with Gasteiger partial charge in [-0.05, 0) is 30.4 Å². The zero-order valence-corrected chi connectivity index (χ0v) is 10.4. The second-order valence-corrected chi connectivity index (χ2v) is 4.99. The van der Waals surface area contributed by atoms with E-state index < -0.39 is 0 Å². The number of pyridine rings is 1. The predicted octanol–water partition coefficient (Wildman–Crippen LogP) is 1.78. The molecule has 1 fully saturated rings. The van der Waals surface area contributed by atoms with E-state index in [1.165, 1.54) is 0 Å². The Morgan fingerprint density at radius 3 is 2.94 bits per heavy atom. The van der Waals surface area contributed by atoms with Gasteiger partial charge >= 0.3 is 0 Å². The maximum Gasteiger partial charge on any atom is 0.274 e. The molecule has 0 saturated carbocycles. The van der Waals surface area contributed by atoms with E-state index in [1.807, 2.05) is 4.90 Å². The van der Waals surface area contributed by atoms with E-state index in [4.69, 9.17) is 5.73 Å². The molecule has 1 amide bonds. The van der Waals surface area contributed by atoms with Crippen LogP contribution in [0.1, 0.15) is 30.8 Å². The Hall–Kier alpha value is -1.58. The highest BCUT2D eigenvalue weighted by molar-refractivity contribution is 5.97. The van der Waals surface area contributed by atoms with Crippen LogP contribution in [-0.2, 0) is 0 Å². The molecule has 1 atom stereocenters. The van der Waals surface area contributed by atoms with Crippen LogP contribution in [0.15, 0.2) is 18.3 Å². The molecule has 0 spiro atoms. The first kappa shape index (κ1) is 11.9.